The van der Waals surface area contributed by atoms with Gasteiger partial charge in [-0.15, -0.1) is 0 Å². The number of amides is 2. The van der Waals surface area contributed by atoms with Gasteiger partial charge < -0.3 is 10.1 Å². The van der Waals surface area contributed by atoms with E-state index in [0.29, 0.717) is 12.1 Å². The van der Waals surface area contributed by atoms with Gasteiger partial charge in [0.05, 0.1) is 12.8 Å². The van der Waals surface area contributed by atoms with Crippen molar-refractivity contribution in [3.63, 3.8) is 0 Å². The molecule has 1 rings (SSSR count). The number of ether oxygens (including phenoxy) is 1. The highest BCUT2D eigenvalue weighted by Gasteiger charge is 2.08. The molecule has 0 aliphatic rings. The van der Waals surface area contributed by atoms with Crippen LogP contribution < -0.4 is 10.6 Å². The lowest BCUT2D eigenvalue weighted by Crippen LogP contribution is -2.13. The average Bonchev–Trinajstić information content (AvgIpc) is 2.32. The van der Waals surface area contributed by atoms with Crippen LogP contribution >= 0.6 is 0 Å². The predicted molar refractivity (Wildman–Crippen MR) is 61.3 cm³/mol. The molecule has 0 atom stereocenters. The summed E-state index contributed by atoms with van der Waals surface area (Å²) < 4.78 is 17.8. The number of hydrogen-bond acceptors (Lipinski definition) is 3. The molecule has 0 aliphatic heterocycles. The number of methoxy groups -OCH3 is 1. The lowest BCUT2D eigenvalue weighted by molar-refractivity contribution is -0.115. The van der Waals surface area contributed by atoms with Gasteiger partial charge in [0.2, 0.25) is 5.91 Å². The second-order valence-corrected chi connectivity index (χ2v) is 3.21. The molecular formula is C11H13FN2O3. The second-order valence-electron chi connectivity index (χ2n) is 3.21. The maximum absolute atomic E-state index is 13.5. The number of anilines is 2. The van der Waals surface area contributed by atoms with Crippen molar-refractivity contribution in [1.29, 1.82) is 0 Å². The second kappa shape index (κ2) is 5.83. The van der Waals surface area contributed by atoms with Crippen LogP contribution in [0, 0.1) is 5.82 Å². The van der Waals surface area contributed by atoms with E-state index >= 15 is 0 Å². The SMILES string of the molecule is CCC(=O)Nc1ccc(NC(=O)OC)c(F)c1. The van der Waals surface area contributed by atoms with Crippen molar-refractivity contribution in [3.05, 3.63) is 24.0 Å². The first kappa shape index (κ1) is 13.0. The first-order valence-corrected chi connectivity index (χ1v) is 5.01. The van der Waals surface area contributed by atoms with Gasteiger partial charge in [-0.05, 0) is 18.2 Å². The summed E-state index contributed by atoms with van der Waals surface area (Å²) in [7, 11) is 1.18. The molecule has 1 aromatic carbocycles. The molecule has 0 radical (unpaired) electrons. The molecule has 5 nitrogen and oxygen atoms in total. The van der Waals surface area contributed by atoms with Crippen molar-refractivity contribution >= 4 is 23.4 Å². The van der Waals surface area contributed by atoms with Gasteiger partial charge in [0.15, 0.2) is 0 Å². The zero-order valence-electron chi connectivity index (χ0n) is 9.54. The molecule has 0 spiro atoms. The summed E-state index contributed by atoms with van der Waals surface area (Å²) >= 11 is 0. The zero-order valence-corrected chi connectivity index (χ0v) is 9.54. The molecule has 6 heteroatoms. The standard InChI is InChI=1S/C11H13FN2O3/c1-3-10(15)13-7-4-5-9(8(12)6-7)14-11(16)17-2/h4-6H,3H2,1-2H3,(H,13,15)(H,14,16). The average molecular weight is 240 g/mol. The number of rotatable bonds is 3. The first-order chi connectivity index (χ1) is 8.06. The quantitative estimate of drug-likeness (QED) is 0.852. The number of nitrogens with one attached hydrogen (secondary N) is 2. The molecule has 17 heavy (non-hydrogen) atoms. The molecule has 0 aliphatic carbocycles. The Morgan fingerprint density at radius 1 is 1.35 bits per heavy atom. The van der Waals surface area contributed by atoms with Gasteiger partial charge in [-0.25, -0.2) is 9.18 Å². The smallest absolute Gasteiger partial charge is 0.411 e. The highest BCUT2D eigenvalue weighted by Crippen LogP contribution is 2.19. The summed E-state index contributed by atoms with van der Waals surface area (Å²) in [6, 6.07) is 3.96. The Bertz CT molecular complexity index is 435. The summed E-state index contributed by atoms with van der Waals surface area (Å²) in [5, 5.41) is 4.71. The molecule has 0 bridgehead atoms. The van der Waals surface area contributed by atoms with Crippen LogP contribution in [0.5, 0.6) is 0 Å². The molecule has 1 aromatic rings. The minimum atomic E-state index is -0.755. The highest BCUT2D eigenvalue weighted by atomic mass is 19.1. The van der Waals surface area contributed by atoms with Gasteiger partial charge in [-0.2, -0.15) is 0 Å². The van der Waals surface area contributed by atoms with Crippen LogP contribution in [-0.4, -0.2) is 19.1 Å². The van der Waals surface area contributed by atoms with Crippen LogP contribution in [-0.2, 0) is 9.53 Å². The topological polar surface area (TPSA) is 67.4 Å². The van der Waals surface area contributed by atoms with E-state index < -0.39 is 11.9 Å². The Labute approximate surface area is 98.0 Å². The number of carbonyl (C=O) groups excluding carboxylic acids is 2. The van der Waals surface area contributed by atoms with Crippen LogP contribution in [0.3, 0.4) is 0 Å². The molecular weight excluding hydrogens is 227 g/mol. The van der Waals surface area contributed by atoms with Gasteiger partial charge in [0.1, 0.15) is 5.82 Å². The fraction of sp³-hybridized carbons (Fsp3) is 0.273. The fourth-order valence-corrected chi connectivity index (χ4v) is 1.10. The van der Waals surface area contributed by atoms with Crippen molar-refractivity contribution in [2.75, 3.05) is 17.7 Å². The number of carbonyl (C=O) groups is 2. The minimum Gasteiger partial charge on any atom is -0.453 e. The van der Waals surface area contributed by atoms with Crippen LogP contribution in [0.1, 0.15) is 13.3 Å². The lowest BCUT2D eigenvalue weighted by Gasteiger charge is -2.07. The maximum atomic E-state index is 13.5. The number of benzene rings is 1. The van der Waals surface area contributed by atoms with Crippen LogP contribution in [0.4, 0.5) is 20.6 Å². The van der Waals surface area contributed by atoms with Crippen molar-refractivity contribution in [1.82, 2.24) is 0 Å². The van der Waals surface area contributed by atoms with E-state index in [1.165, 1.54) is 19.2 Å². The van der Waals surface area contributed by atoms with E-state index in [9.17, 15) is 14.0 Å². The summed E-state index contributed by atoms with van der Waals surface area (Å²) in [5.41, 5.74) is 0.330. The number of halogens is 1. The molecule has 0 saturated heterocycles. The van der Waals surface area contributed by atoms with Crippen LogP contribution in [0.2, 0.25) is 0 Å². The summed E-state index contributed by atoms with van der Waals surface area (Å²) in [4.78, 5) is 22.0. The van der Waals surface area contributed by atoms with Crippen molar-refractivity contribution < 1.29 is 18.7 Å². The highest BCUT2D eigenvalue weighted by molar-refractivity contribution is 5.91. The summed E-state index contributed by atoms with van der Waals surface area (Å²) in [6.07, 6.45) is -0.446. The number of hydrogen-bond donors (Lipinski definition) is 2. The van der Waals surface area contributed by atoms with E-state index in [1.807, 2.05) is 0 Å². The zero-order chi connectivity index (χ0) is 12.8. The molecule has 0 heterocycles. The van der Waals surface area contributed by atoms with Crippen molar-refractivity contribution in [2.24, 2.45) is 0 Å². The van der Waals surface area contributed by atoms with Gasteiger partial charge in [0.25, 0.3) is 0 Å². The molecule has 0 saturated carbocycles. The van der Waals surface area contributed by atoms with E-state index in [4.69, 9.17) is 0 Å². The maximum Gasteiger partial charge on any atom is 0.411 e. The fourth-order valence-electron chi connectivity index (χ4n) is 1.10. The van der Waals surface area contributed by atoms with Crippen molar-refractivity contribution in [3.8, 4) is 0 Å². The Kier molecular flexibility index (Phi) is 4.45. The monoisotopic (exact) mass is 240 g/mol. The van der Waals surface area contributed by atoms with Crippen LogP contribution in [0.15, 0.2) is 18.2 Å². The molecule has 92 valence electrons. The summed E-state index contributed by atoms with van der Waals surface area (Å²) in [5.74, 6) is -0.859. The van der Waals surface area contributed by atoms with Gasteiger partial charge >= 0.3 is 6.09 Å². The molecule has 0 fully saturated rings. The van der Waals surface area contributed by atoms with Crippen LogP contribution in [0.25, 0.3) is 0 Å². The summed E-state index contributed by atoms with van der Waals surface area (Å²) in [6.45, 7) is 1.69. The third-order valence-corrected chi connectivity index (χ3v) is 2.00. The van der Waals surface area contributed by atoms with E-state index in [0.717, 1.165) is 6.07 Å². The van der Waals surface area contributed by atoms with Gasteiger partial charge in [-0.3, -0.25) is 10.1 Å². The third-order valence-electron chi connectivity index (χ3n) is 2.00. The Balaban J connectivity index is 2.79. The Morgan fingerprint density at radius 2 is 2.06 bits per heavy atom. The molecule has 0 aromatic heterocycles. The normalized spacial score (nSPS) is 9.59. The van der Waals surface area contributed by atoms with Gasteiger partial charge in [-0.1, -0.05) is 6.92 Å². The Hall–Kier alpha value is -2.11. The first-order valence-electron chi connectivity index (χ1n) is 5.01. The largest absolute Gasteiger partial charge is 0.453 e. The molecule has 2 N–H and O–H groups in total. The predicted octanol–water partition coefficient (Wildman–Crippen LogP) is 2.35. The minimum absolute atomic E-state index is 0.00801. The van der Waals surface area contributed by atoms with E-state index in [-0.39, 0.29) is 11.6 Å². The molecule has 0 unspecified atom stereocenters. The van der Waals surface area contributed by atoms with E-state index in [2.05, 4.69) is 15.4 Å². The molecule has 2 amide bonds. The Morgan fingerprint density at radius 3 is 2.59 bits per heavy atom. The van der Waals surface area contributed by atoms with Crippen molar-refractivity contribution in [2.45, 2.75) is 13.3 Å². The van der Waals surface area contributed by atoms with E-state index in [1.54, 1.807) is 6.92 Å². The third kappa shape index (κ3) is 3.75. The lowest BCUT2D eigenvalue weighted by atomic mass is 10.2. The van der Waals surface area contributed by atoms with Gasteiger partial charge in [0, 0.05) is 12.1 Å².